The highest BCUT2D eigenvalue weighted by Crippen LogP contribution is 2.23. The fraction of sp³-hybridized carbons (Fsp3) is 0.933. The first-order valence-corrected chi connectivity index (χ1v) is 9.66. The zero-order chi connectivity index (χ0) is 16.7. The fourth-order valence-corrected chi connectivity index (χ4v) is 3.17. The third-order valence-electron chi connectivity index (χ3n) is 3.22. The first-order chi connectivity index (χ1) is 9.45. The van der Waals surface area contributed by atoms with E-state index in [0.29, 0.717) is 12.3 Å². The summed E-state index contributed by atoms with van der Waals surface area (Å²) in [6.07, 6.45) is 2.98. The molecule has 0 aliphatic rings. The van der Waals surface area contributed by atoms with Gasteiger partial charge < -0.3 is 10.6 Å². The Labute approximate surface area is 130 Å². The van der Waals surface area contributed by atoms with Gasteiger partial charge in [0.1, 0.15) is 9.84 Å². The van der Waals surface area contributed by atoms with Gasteiger partial charge in [0.25, 0.3) is 0 Å². The van der Waals surface area contributed by atoms with E-state index in [9.17, 15) is 8.42 Å². The zero-order valence-electron chi connectivity index (χ0n) is 14.7. The minimum absolute atomic E-state index is 0.0686. The van der Waals surface area contributed by atoms with Crippen molar-refractivity contribution in [2.24, 2.45) is 16.3 Å². The van der Waals surface area contributed by atoms with E-state index in [1.54, 1.807) is 7.05 Å². The van der Waals surface area contributed by atoms with Crippen molar-refractivity contribution in [1.82, 2.24) is 10.6 Å². The SMILES string of the molecule is CN=C(NCC(C)(C)CC(C)C)NC(C)CCS(C)(=O)=O. The summed E-state index contributed by atoms with van der Waals surface area (Å²) in [5.41, 5.74) is 0.196. The van der Waals surface area contributed by atoms with Crippen molar-refractivity contribution >= 4 is 15.8 Å². The van der Waals surface area contributed by atoms with Gasteiger partial charge in [-0.2, -0.15) is 0 Å². The normalized spacial score (nSPS) is 15.1. The lowest BCUT2D eigenvalue weighted by Crippen LogP contribution is -2.46. The molecule has 0 aromatic heterocycles. The van der Waals surface area contributed by atoms with Gasteiger partial charge in [0, 0.05) is 25.9 Å². The smallest absolute Gasteiger partial charge is 0.191 e. The van der Waals surface area contributed by atoms with Crippen molar-refractivity contribution in [2.75, 3.05) is 25.6 Å². The maximum atomic E-state index is 11.2. The monoisotopic (exact) mass is 319 g/mol. The van der Waals surface area contributed by atoms with Gasteiger partial charge >= 0.3 is 0 Å². The molecule has 0 rings (SSSR count). The number of guanidine groups is 1. The average Bonchev–Trinajstić information content (AvgIpc) is 2.29. The number of rotatable bonds is 8. The summed E-state index contributed by atoms with van der Waals surface area (Å²) in [6, 6.07) is 0.0686. The van der Waals surface area contributed by atoms with E-state index >= 15 is 0 Å². The number of sulfone groups is 1. The molecule has 0 aromatic rings. The van der Waals surface area contributed by atoms with Crippen molar-refractivity contribution in [3.05, 3.63) is 0 Å². The molecule has 1 unspecified atom stereocenters. The molecule has 5 nitrogen and oxygen atoms in total. The first-order valence-electron chi connectivity index (χ1n) is 7.60. The quantitative estimate of drug-likeness (QED) is 0.530. The van der Waals surface area contributed by atoms with Crippen molar-refractivity contribution in [3.63, 3.8) is 0 Å². The van der Waals surface area contributed by atoms with Crippen LogP contribution in [0.15, 0.2) is 4.99 Å². The van der Waals surface area contributed by atoms with Crippen LogP contribution in [0.25, 0.3) is 0 Å². The molecule has 0 fully saturated rings. The maximum absolute atomic E-state index is 11.2. The minimum atomic E-state index is -2.91. The molecule has 0 saturated heterocycles. The van der Waals surface area contributed by atoms with Crippen LogP contribution in [0.5, 0.6) is 0 Å². The Hall–Kier alpha value is -0.780. The predicted octanol–water partition coefficient (Wildman–Crippen LogP) is 2.05. The molecule has 0 radical (unpaired) electrons. The lowest BCUT2D eigenvalue weighted by atomic mass is 9.84. The second-order valence-electron chi connectivity index (χ2n) is 7.15. The topological polar surface area (TPSA) is 70.6 Å². The highest BCUT2D eigenvalue weighted by Gasteiger charge is 2.20. The van der Waals surface area contributed by atoms with E-state index in [1.165, 1.54) is 6.26 Å². The van der Waals surface area contributed by atoms with Crippen LogP contribution in [0.1, 0.15) is 47.5 Å². The lowest BCUT2D eigenvalue weighted by molar-refractivity contribution is 0.286. The van der Waals surface area contributed by atoms with E-state index in [2.05, 4.69) is 43.3 Å². The fourth-order valence-electron chi connectivity index (χ4n) is 2.39. The van der Waals surface area contributed by atoms with Gasteiger partial charge in [-0.3, -0.25) is 4.99 Å². The van der Waals surface area contributed by atoms with Gasteiger partial charge in [0.2, 0.25) is 0 Å². The van der Waals surface area contributed by atoms with Crippen LogP contribution < -0.4 is 10.6 Å². The molecular formula is C15H33N3O2S. The second kappa shape index (κ2) is 8.61. The molecule has 0 bridgehead atoms. The molecule has 0 saturated carbocycles. The first kappa shape index (κ1) is 20.2. The number of hydrogen-bond acceptors (Lipinski definition) is 3. The van der Waals surface area contributed by atoms with Crippen molar-refractivity contribution < 1.29 is 8.42 Å². The summed E-state index contributed by atoms with van der Waals surface area (Å²) >= 11 is 0. The van der Waals surface area contributed by atoms with Gasteiger partial charge in [-0.15, -0.1) is 0 Å². The van der Waals surface area contributed by atoms with Crippen LogP contribution in [0.4, 0.5) is 0 Å². The highest BCUT2D eigenvalue weighted by atomic mass is 32.2. The average molecular weight is 320 g/mol. The number of nitrogens with zero attached hydrogens (tertiary/aromatic N) is 1. The van der Waals surface area contributed by atoms with E-state index in [-0.39, 0.29) is 17.2 Å². The van der Waals surface area contributed by atoms with Crippen molar-refractivity contribution in [2.45, 2.75) is 53.5 Å². The Kier molecular flexibility index (Phi) is 8.29. The number of nitrogens with one attached hydrogen (secondary N) is 2. The highest BCUT2D eigenvalue weighted by molar-refractivity contribution is 7.90. The molecule has 0 aliphatic carbocycles. The molecule has 2 N–H and O–H groups in total. The van der Waals surface area contributed by atoms with E-state index in [0.717, 1.165) is 18.9 Å². The standard InChI is InChI=1S/C15H33N3O2S/c1-12(2)10-15(4,5)11-17-14(16-6)18-13(3)8-9-21(7,19)20/h12-13H,8-11H2,1-7H3,(H2,16,17,18). The van der Waals surface area contributed by atoms with Crippen LogP contribution in [0.2, 0.25) is 0 Å². The Bertz CT molecular complexity index is 428. The van der Waals surface area contributed by atoms with Gasteiger partial charge in [0.05, 0.1) is 5.75 Å². The summed E-state index contributed by atoms with van der Waals surface area (Å²) in [4.78, 5) is 4.20. The molecule has 21 heavy (non-hydrogen) atoms. The molecule has 0 aromatic carbocycles. The molecular weight excluding hydrogens is 286 g/mol. The van der Waals surface area contributed by atoms with Gasteiger partial charge in [-0.05, 0) is 31.1 Å². The molecule has 1 atom stereocenters. The predicted molar refractivity (Wildman–Crippen MR) is 91.5 cm³/mol. The van der Waals surface area contributed by atoms with Crippen molar-refractivity contribution in [1.29, 1.82) is 0 Å². The van der Waals surface area contributed by atoms with Crippen LogP contribution >= 0.6 is 0 Å². The lowest BCUT2D eigenvalue weighted by Gasteiger charge is -2.28. The largest absolute Gasteiger partial charge is 0.356 e. The summed E-state index contributed by atoms with van der Waals surface area (Å²) < 4.78 is 22.4. The molecule has 126 valence electrons. The summed E-state index contributed by atoms with van der Waals surface area (Å²) in [5.74, 6) is 1.58. The molecule has 6 heteroatoms. The van der Waals surface area contributed by atoms with Crippen LogP contribution in [-0.4, -0.2) is 46.0 Å². The third-order valence-corrected chi connectivity index (χ3v) is 4.20. The number of aliphatic imine (C=N–C) groups is 1. The Morgan fingerprint density at radius 3 is 2.24 bits per heavy atom. The Balaban J connectivity index is 4.29. The number of hydrogen-bond donors (Lipinski definition) is 2. The van der Waals surface area contributed by atoms with E-state index in [1.807, 2.05) is 6.92 Å². The second-order valence-corrected chi connectivity index (χ2v) is 9.41. The summed E-state index contributed by atoms with van der Waals surface area (Å²) in [7, 11) is -1.18. The minimum Gasteiger partial charge on any atom is -0.356 e. The maximum Gasteiger partial charge on any atom is 0.191 e. The van der Waals surface area contributed by atoms with E-state index < -0.39 is 9.84 Å². The summed E-state index contributed by atoms with van der Waals surface area (Å²) in [5, 5.41) is 6.57. The molecule has 0 aliphatic heterocycles. The molecule has 0 heterocycles. The van der Waals surface area contributed by atoms with Crippen molar-refractivity contribution in [3.8, 4) is 0 Å². The molecule has 0 amide bonds. The third kappa shape index (κ3) is 11.5. The van der Waals surface area contributed by atoms with Crippen LogP contribution in [0, 0.1) is 11.3 Å². The Morgan fingerprint density at radius 2 is 1.81 bits per heavy atom. The Morgan fingerprint density at radius 1 is 1.24 bits per heavy atom. The van der Waals surface area contributed by atoms with Gasteiger partial charge in [-0.25, -0.2) is 8.42 Å². The zero-order valence-corrected chi connectivity index (χ0v) is 15.5. The van der Waals surface area contributed by atoms with E-state index in [4.69, 9.17) is 0 Å². The van der Waals surface area contributed by atoms with Gasteiger partial charge in [-0.1, -0.05) is 27.7 Å². The van der Waals surface area contributed by atoms with Gasteiger partial charge in [0.15, 0.2) is 5.96 Å². The summed E-state index contributed by atoms with van der Waals surface area (Å²) in [6.45, 7) is 11.7. The van der Waals surface area contributed by atoms with Crippen LogP contribution in [-0.2, 0) is 9.84 Å². The van der Waals surface area contributed by atoms with Crippen LogP contribution in [0.3, 0.4) is 0 Å². The molecule has 0 spiro atoms.